The fraction of sp³-hybridized carbons (Fsp3) is 0.556. The Morgan fingerprint density at radius 3 is 2.59 bits per heavy atom. The summed E-state index contributed by atoms with van der Waals surface area (Å²) in [6, 6.07) is 7.49. The van der Waals surface area contributed by atoms with E-state index in [2.05, 4.69) is 24.4 Å². The van der Waals surface area contributed by atoms with E-state index in [1.165, 1.54) is 6.26 Å². The largest absolute Gasteiger partial charge is 0.312 e. The van der Waals surface area contributed by atoms with E-state index < -0.39 is 16.1 Å². The summed E-state index contributed by atoms with van der Waals surface area (Å²) in [5.74, 6) is 1.65. The fourth-order valence-electron chi connectivity index (χ4n) is 3.36. The van der Waals surface area contributed by atoms with Crippen LogP contribution in [0, 0.1) is 5.92 Å². The van der Waals surface area contributed by atoms with Crippen LogP contribution in [0.2, 0.25) is 5.02 Å². The lowest BCUT2D eigenvalue weighted by Gasteiger charge is -2.23. The molecule has 0 bridgehead atoms. The van der Waals surface area contributed by atoms with Gasteiger partial charge in [-0.15, -0.1) is 10.2 Å². The molecule has 7 nitrogen and oxygen atoms in total. The molecule has 0 aliphatic carbocycles. The lowest BCUT2D eigenvalue weighted by atomic mass is 10.1. The van der Waals surface area contributed by atoms with Gasteiger partial charge in [0.2, 0.25) is 10.0 Å². The third kappa shape index (κ3) is 5.07. The van der Waals surface area contributed by atoms with Crippen molar-refractivity contribution in [3.05, 3.63) is 46.5 Å². The van der Waals surface area contributed by atoms with Crippen molar-refractivity contribution >= 4 is 21.6 Å². The van der Waals surface area contributed by atoms with Crippen molar-refractivity contribution in [1.29, 1.82) is 0 Å². The van der Waals surface area contributed by atoms with Gasteiger partial charge in [-0.25, -0.2) is 13.1 Å². The fourth-order valence-corrected chi connectivity index (χ4v) is 4.40. The van der Waals surface area contributed by atoms with Crippen LogP contribution in [0.1, 0.15) is 37.1 Å². The summed E-state index contributed by atoms with van der Waals surface area (Å²) < 4.78 is 28.3. The van der Waals surface area contributed by atoms with Gasteiger partial charge in [-0.1, -0.05) is 43.6 Å². The lowest BCUT2D eigenvalue weighted by molar-refractivity contribution is 0.269. The molecule has 0 amide bonds. The van der Waals surface area contributed by atoms with Gasteiger partial charge in [0.1, 0.15) is 5.82 Å². The van der Waals surface area contributed by atoms with E-state index in [9.17, 15) is 8.42 Å². The maximum Gasteiger partial charge on any atom is 0.209 e. The molecular formula is C18H26ClN5O2S. The molecule has 148 valence electrons. The Kier molecular flexibility index (Phi) is 6.20. The Bertz CT molecular complexity index is 897. The average molecular weight is 412 g/mol. The molecule has 0 saturated carbocycles. The first-order valence-corrected chi connectivity index (χ1v) is 11.4. The summed E-state index contributed by atoms with van der Waals surface area (Å²) in [5, 5.41) is 9.43. The van der Waals surface area contributed by atoms with Crippen LogP contribution in [0.4, 0.5) is 0 Å². The summed E-state index contributed by atoms with van der Waals surface area (Å²) in [7, 11) is -3.34. The topological polar surface area (TPSA) is 80.1 Å². The SMILES string of the molecule is CC(C)[C@H](NS(C)(=O)=O)c1nnc2n1CCN(Cc1ccccc1Cl)CC2. The molecule has 9 heteroatoms. The average Bonchev–Trinajstić information content (AvgIpc) is 2.88. The van der Waals surface area contributed by atoms with Gasteiger partial charge in [-0.05, 0) is 17.5 Å². The summed E-state index contributed by atoms with van der Waals surface area (Å²) >= 11 is 6.30. The summed E-state index contributed by atoms with van der Waals surface area (Å²) in [6.45, 7) is 7.14. The number of benzene rings is 1. The van der Waals surface area contributed by atoms with Crippen molar-refractivity contribution in [3.63, 3.8) is 0 Å². The van der Waals surface area contributed by atoms with Gasteiger partial charge in [0.15, 0.2) is 5.82 Å². The molecule has 0 fully saturated rings. The Morgan fingerprint density at radius 2 is 1.93 bits per heavy atom. The standard InChI is InChI=1S/C18H26ClN5O2S/c1-13(2)17(22-27(3,25)26)18-21-20-16-8-9-23(10-11-24(16)18)12-14-6-4-5-7-15(14)19/h4-7,13,17,22H,8-12H2,1-3H3/t17-/m0/s1. The summed E-state index contributed by atoms with van der Waals surface area (Å²) in [6.07, 6.45) is 1.94. The third-order valence-corrected chi connectivity index (χ3v) is 5.84. The predicted molar refractivity (Wildman–Crippen MR) is 106 cm³/mol. The quantitative estimate of drug-likeness (QED) is 0.788. The molecule has 2 aromatic rings. The van der Waals surface area contributed by atoms with Crippen LogP contribution in [-0.4, -0.2) is 47.4 Å². The van der Waals surface area contributed by atoms with Crippen molar-refractivity contribution in [2.24, 2.45) is 5.92 Å². The van der Waals surface area contributed by atoms with Crippen LogP contribution >= 0.6 is 11.6 Å². The van der Waals surface area contributed by atoms with Gasteiger partial charge >= 0.3 is 0 Å². The molecule has 0 spiro atoms. The van der Waals surface area contributed by atoms with Crippen molar-refractivity contribution in [2.75, 3.05) is 19.3 Å². The highest BCUT2D eigenvalue weighted by atomic mass is 35.5. The second-order valence-corrected chi connectivity index (χ2v) is 9.54. The van der Waals surface area contributed by atoms with Crippen LogP contribution in [0.15, 0.2) is 24.3 Å². The Balaban J connectivity index is 1.77. The number of hydrogen-bond acceptors (Lipinski definition) is 5. The van der Waals surface area contributed by atoms with E-state index in [4.69, 9.17) is 11.6 Å². The van der Waals surface area contributed by atoms with Crippen LogP contribution in [-0.2, 0) is 29.5 Å². The number of fused-ring (bicyclic) bond motifs is 1. The normalized spacial score (nSPS) is 16.9. The molecule has 0 saturated heterocycles. The first-order valence-electron chi connectivity index (χ1n) is 9.09. The van der Waals surface area contributed by atoms with Gasteiger partial charge in [0.25, 0.3) is 0 Å². The van der Waals surface area contributed by atoms with Gasteiger partial charge in [-0.3, -0.25) is 4.90 Å². The molecule has 1 aromatic carbocycles. The molecule has 1 atom stereocenters. The predicted octanol–water partition coefficient (Wildman–Crippen LogP) is 2.24. The molecule has 0 radical (unpaired) electrons. The zero-order valence-corrected chi connectivity index (χ0v) is 17.5. The second-order valence-electron chi connectivity index (χ2n) is 7.36. The van der Waals surface area contributed by atoms with Crippen molar-refractivity contribution in [1.82, 2.24) is 24.4 Å². The van der Waals surface area contributed by atoms with Crippen LogP contribution in [0.5, 0.6) is 0 Å². The van der Waals surface area contributed by atoms with Crippen LogP contribution < -0.4 is 4.72 Å². The molecule has 2 heterocycles. The van der Waals surface area contributed by atoms with Crippen LogP contribution in [0.3, 0.4) is 0 Å². The minimum Gasteiger partial charge on any atom is -0.312 e. The Hall–Kier alpha value is -1.48. The number of nitrogens with one attached hydrogen (secondary N) is 1. The highest BCUT2D eigenvalue weighted by molar-refractivity contribution is 7.88. The maximum atomic E-state index is 11.8. The number of halogens is 1. The third-order valence-electron chi connectivity index (χ3n) is 4.79. The van der Waals surface area contributed by atoms with E-state index in [1.807, 2.05) is 38.1 Å². The summed E-state index contributed by atoms with van der Waals surface area (Å²) in [5.41, 5.74) is 1.11. The first-order chi connectivity index (χ1) is 12.7. The number of aromatic nitrogens is 3. The number of sulfonamides is 1. The van der Waals surface area contributed by atoms with Crippen LogP contribution in [0.25, 0.3) is 0 Å². The minimum atomic E-state index is -3.34. The molecule has 27 heavy (non-hydrogen) atoms. The molecule has 0 unspecified atom stereocenters. The van der Waals surface area contributed by atoms with Gasteiger partial charge < -0.3 is 4.57 Å². The monoisotopic (exact) mass is 411 g/mol. The smallest absolute Gasteiger partial charge is 0.209 e. The zero-order chi connectivity index (χ0) is 19.6. The molecule has 1 aliphatic heterocycles. The Labute approximate surface area is 165 Å². The second kappa shape index (κ2) is 8.26. The van der Waals surface area contributed by atoms with E-state index in [-0.39, 0.29) is 5.92 Å². The Morgan fingerprint density at radius 1 is 1.19 bits per heavy atom. The van der Waals surface area contributed by atoms with Crippen molar-refractivity contribution in [2.45, 2.75) is 39.4 Å². The molecule has 3 rings (SSSR count). The highest BCUT2D eigenvalue weighted by Gasteiger charge is 2.28. The van der Waals surface area contributed by atoms with Crippen molar-refractivity contribution < 1.29 is 8.42 Å². The van der Waals surface area contributed by atoms with E-state index in [1.54, 1.807) is 0 Å². The van der Waals surface area contributed by atoms with Gasteiger partial charge in [0, 0.05) is 37.6 Å². The van der Waals surface area contributed by atoms with Gasteiger partial charge in [0.05, 0.1) is 12.3 Å². The molecule has 1 aliphatic rings. The zero-order valence-electron chi connectivity index (χ0n) is 15.9. The van der Waals surface area contributed by atoms with Gasteiger partial charge in [-0.2, -0.15) is 0 Å². The lowest BCUT2D eigenvalue weighted by Crippen LogP contribution is -2.33. The number of hydrogen-bond donors (Lipinski definition) is 1. The van der Waals surface area contributed by atoms with E-state index in [0.29, 0.717) is 5.82 Å². The molecular weight excluding hydrogens is 386 g/mol. The summed E-state index contributed by atoms with van der Waals surface area (Å²) in [4.78, 5) is 2.34. The molecule has 1 aromatic heterocycles. The van der Waals surface area contributed by atoms with E-state index in [0.717, 1.165) is 49.0 Å². The number of nitrogens with zero attached hydrogens (tertiary/aromatic N) is 4. The number of rotatable bonds is 6. The first kappa shape index (κ1) is 20.3. The minimum absolute atomic E-state index is 0.0653. The van der Waals surface area contributed by atoms with Crippen molar-refractivity contribution in [3.8, 4) is 0 Å². The molecule has 1 N–H and O–H groups in total. The maximum absolute atomic E-state index is 11.8. The highest BCUT2D eigenvalue weighted by Crippen LogP contribution is 2.24. The van der Waals surface area contributed by atoms with E-state index >= 15 is 0 Å².